The van der Waals surface area contributed by atoms with Crippen LogP contribution in [0.3, 0.4) is 0 Å². The second kappa shape index (κ2) is 4.73. The predicted molar refractivity (Wildman–Crippen MR) is 69.4 cm³/mol. The minimum Gasteiger partial charge on any atom is -0.479 e. The van der Waals surface area contributed by atoms with Crippen LogP contribution in [0.25, 0.3) is 0 Å². The van der Waals surface area contributed by atoms with E-state index in [9.17, 15) is 23.1 Å². The van der Waals surface area contributed by atoms with Crippen LogP contribution in [0.2, 0.25) is 0 Å². The molecule has 0 bridgehead atoms. The quantitative estimate of drug-likeness (QED) is 0.750. The van der Waals surface area contributed by atoms with Crippen molar-refractivity contribution in [1.29, 1.82) is 0 Å². The van der Waals surface area contributed by atoms with Gasteiger partial charge in [0.1, 0.15) is 10.3 Å². The first-order chi connectivity index (χ1) is 8.03. The first-order valence-corrected chi connectivity index (χ1v) is 8.41. The molecule has 0 aromatic carbocycles. The summed E-state index contributed by atoms with van der Waals surface area (Å²) in [4.78, 5) is 23.3. The second-order valence-corrected chi connectivity index (χ2v) is 8.60. The van der Waals surface area contributed by atoms with Gasteiger partial charge in [-0.05, 0) is 26.0 Å². The Morgan fingerprint density at radius 2 is 1.94 bits per heavy atom. The van der Waals surface area contributed by atoms with Gasteiger partial charge < -0.3 is 10.4 Å². The van der Waals surface area contributed by atoms with Gasteiger partial charge >= 0.3 is 5.97 Å². The van der Waals surface area contributed by atoms with Crippen molar-refractivity contribution in [1.82, 2.24) is 5.32 Å². The third-order valence-electron chi connectivity index (χ3n) is 3.26. The molecule has 1 aliphatic heterocycles. The minimum absolute atomic E-state index is 0.258. The molecule has 1 heterocycles. The van der Waals surface area contributed by atoms with Crippen LogP contribution in [0.4, 0.5) is 0 Å². The third-order valence-corrected chi connectivity index (χ3v) is 6.49. The van der Waals surface area contributed by atoms with Crippen LogP contribution in [-0.2, 0) is 19.4 Å². The molecule has 0 aromatic rings. The van der Waals surface area contributed by atoms with Crippen LogP contribution in [0.5, 0.6) is 0 Å². The summed E-state index contributed by atoms with van der Waals surface area (Å²) in [6, 6.07) is 0. The van der Waals surface area contributed by atoms with Gasteiger partial charge in [0.25, 0.3) is 0 Å². The number of nitrogens with one attached hydrogen (secondary N) is 1. The average molecular weight is 295 g/mol. The van der Waals surface area contributed by atoms with E-state index in [1.54, 1.807) is 0 Å². The molecule has 1 fully saturated rings. The Labute approximate surface area is 110 Å². The molecule has 1 saturated heterocycles. The van der Waals surface area contributed by atoms with Crippen molar-refractivity contribution in [2.45, 2.75) is 30.6 Å². The third kappa shape index (κ3) is 2.64. The Morgan fingerprint density at radius 1 is 1.39 bits per heavy atom. The number of thioether (sulfide) groups is 1. The normalized spacial score (nSPS) is 24.8. The molecule has 18 heavy (non-hydrogen) atoms. The molecule has 0 spiro atoms. The molecule has 1 unspecified atom stereocenters. The van der Waals surface area contributed by atoms with Crippen LogP contribution in [0.1, 0.15) is 20.3 Å². The van der Waals surface area contributed by atoms with Gasteiger partial charge in [-0.25, -0.2) is 13.2 Å². The van der Waals surface area contributed by atoms with Crippen LogP contribution in [-0.4, -0.2) is 53.4 Å². The first-order valence-electron chi connectivity index (χ1n) is 5.36. The Kier molecular flexibility index (Phi) is 4.02. The molecule has 1 rings (SSSR count). The van der Waals surface area contributed by atoms with E-state index < -0.39 is 32.0 Å². The maximum absolute atomic E-state index is 12.0. The molecule has 2 N–H and O–H groups in total. The Morgan fingerprint density at radius 3 is 2.28 bits per heavy atom. The molecule has 0 aliphatic carbocycles. The van der Waals surface area contributed by atoms with Crippen molar-refractivity contribution in [3.05, 3.63) is 0 Å². The first kappa shape index (κ1) is 15.3. The van der Waals surface area contributed by atoms with E-state index >= 15 is 0 Å². The van der Waals surface area contributed by atoms with Crippen LogP contribution in [0, 0.1) is 0 Å². The molecule has 0 aromatic heterocycles. The summed E-state index contributed by atoms with van der Waals surface area (Å²) in [5, 5.41) is 11.6. The molecule has 8 heteroatoms. The Hall–Kier alpha value is -0.760. The molecular weight excluding hydrogens is 278 g/mol. The summed E-state index contributed by atoms with van der Waals surface area (Å²) in [5.74, 6) is -1.00. The lowest BCUT2D eigenvalue weighted by molar-refractivity contribution is -0.146. The zero-order valence-corrected chi connectivity index (χ0v) is 12.2. The van der Waals surface area contributed by atoms with Crippen molar-refractivity contribution in [2.24, 2.45) is 0 Å². The lowest BCUT2D eigenvalue weighted by Crippen LogP contribution is -2.60. The average Bonchev–Trinajstić information content (AvgIpc) is 2.65. The van der Waals surface area contributed by atoms with E-state index in [4.69, 9.17) is 0 Å². The van der Waals surface area contributed by atoms with Gasteiger partial charge in [-0.15, -0.1) is 0 Å². The number of amides is 1. The number of carboxylic acids is 1. The number of rotatable bonds is 4. The van der Waals surface area contributed by atoms with Gasteiger partial charge in [-0.1, -0.05) is 0 Å². The van der Waals surface area contributed by atoms with Crippen LogP contribution < -0.4 is 5.32 Å². The van der Waals surface area contributed by atoms with Gasteiger partial charge in [0.2, 0.25) is 5.91 Å². The van der Waals surface area contributed by atoms with Gasteiger partial charge in [0.05, 0.1) is 0 Å². The summed E-state index contributed by atoms with van der Waals surface area (Å²) in [7, 11) is -3.61. The minimum atomic E-state index is -3.61. The van der Waals surface area contributed by atoms with E-state index in [-0.39, 0.29) is 5.75 Å². The van der Waals surface area contributed by atoms with E-state index in [1.165, 1.54) is 25.6 Å². The van der Waals surface area contributed by atoms with Crippen LogP contribution in [0.15, 0.2) is 0 Å². The number of sulfone groups is 1. The number of hydrogen-bond acceptors (Lipinski definition) is 5. The van der Waals surface area contributed by atoms with E-state index in [2.05, 4.69) is 5.32 Å². The Bertz CT molecular complexity index is 463. The second-order valence-electron chi connectivity index (χ2n) is 4.93. The fraction of sp³-hybridized carbons (Fsp3) is 0.800. The summed E-state index contributed by atoms with van der Waals surface area (Å²) in [6.45, 7) is 2.55. The van der Waals surface area contributed by atoms with Crippen molar-refractivity contribution in [2.75, 3.05) is 17.8 Å². The monoisotopic (exact) mass is 295 g/mol. The number of carbonyl (C=O) groups excluding carboxylic acids is 1. The summed E-state index contributed by atoms with van der Waals surface area (Å²) >= 11 is 1.42. The number of carboxylic acid groups (broad SMARTS) is 1. The van der Waals surface area contributed by atoms with Gasteiger partial charge in [0, 0.05) is 12.0 Å². The lowest BCUT2D eigenvalue weighted by Gasteiger charge is -2.29. The summed E-state index contributed by atoms with van der Waals surface area (Å²) in [6.07, 6.45) is 1.27. The van der Waals surface area contributed by atoms with Gasteiger partial charge in [-0.2, -0.15) is 11.8 Å². The maximum Gasteiger partial charge on any atom is 0.330 e. The summed E-state index contributed by atoms with van der Waals surface area (Å²) in [5.41, 5.74) is -1.34. The molecule has 104 valence electrons. The number of carbonyl (C=O) groups is 2. The SMILES string of the molecule is CC(C)(C(=O)NC1(C(=O)O)CCSC1)S(C)(=O)=O. The van der Waals surface area contributed by atoms with E-state index in [0.717, 1.165) is 6.26 Å². The molecule has 1 atom stereocenters. The van der Waals surface area contributed by atoms with Gasteiger partial charge in [0.15, 0.2) is 9.84 Å². The fourth-order valence-electron chi connectivity index (χ4n) is 1.42. The van der Waals surface area contributed by atoms with E-state index in [1.807, 2.05) is 0 Å². The molecule has 0 radical (unpaired) electrons. The zero-order valence-electron chi connectivity index (χ0n) is 10.5. The molecule has 0 saturated carbocycles. The highest BCUT2D eigenvalue weighted by atomic mass is 32.2. The fourth-order valence-corrected chi connectivity index (χ4v) is 3.14. The lowest BCUT2D eigenvalue weighted by atomic mass is 9.98. The van der Waals surface area contributed by atoms with Gasteiger partial charge in [-0.3, -0.25) is 4.79 Å². The topological polar surface area (TPSA) is 101 Å². The molecule has 6 nitrogen and oxygen atoms in total. The standard InChI is InChI=1S/C10H17NO5S2/c1-9(2,18(3,15)16)7(12)11-10(8(13)14)4-5-17-6-10/h4-6H2,1-3H3,(H,11,12)(H,13,14). The van der Waals surface area contributed by atoms with Crippen LogP contribution >= 0.6 is 11.8 Å². The number of hydrogen-bond donors (Lipinski definition) is 2. The molecule has 1 aliphatic rings. The highest BCUT2D eigenvalue weighted by molar-refractivity contribution is 7.99. The predicted octanol–water partition coefficient (Wildman–Crippen LogP) is -0.114. The smallest absolute Gasteiger partial charge is 0.330 e. The Balaban J connectivity index is 2.97. The number of aliphatic carboxylic acids is 1. The summed E-state index contributed by atoms with van der Waals surface area (Å²) < 4.78 is 21.4. The largest absolute Gasteiger partial charge is 0.479 e. The van der Waals surface area contributed by atoms with E-state index in [0.29, 0.717) is 12.2 Å². The van der Waals surface area contributed by atoms with Crippen molar-refractivity contribution in [3.63, 3.8) is 0 Å². The highest BCUT2D eigenvalue weighted by Crippen LogP contribution is 2.29. The van der Waals surface area contributed by atoms with Crippen molar-refractivity contribution >= 4 is 33.5 Å². The molecule has 1 amide bonds. The highest BCUT2D eigenvalue weighted by Gasteiger charge is 2.48. The molecular formula is C10H17NO5S2. The zero-order chi connectivity index (χ0) is 14.2. The van der Waals surface area contributed by atoms with Crippen molar-refractivity contribution in [3.8, 4) is 0 Å². The maximum atomic E-state index is 12.0. The van der Waals surface area contributed by atoms with Crippen molar-refractivity contribution < 1.29 is 23.1 Å².